The maximum Gasteiger partial charge on any atom is 0.238 e. The number of aromatic nitrogens is 5. The largest absolute Gasteiger partial charge is 0.293 e. The second kappa shape index (κ2) is 18.3. The summed E-state index contributed by atoms with van der Waals surface area (Å²) >= 11 is 5.90. The van der Waals surface area contributed by atoms with Gasteiger partial charge in [-0.3, -0.25) is 13.7 Å². The average molecular weight is 1130 g/mol. The summed E-state index contributed by atoms with van der Waals surface area (Å²) in [4.78, 5) is 16.3. The number of thiophene rings is 1. The minimum Gasteiger partial charge on any atom is -0.293 e. The molecule has 4 aliphatic carbocycles. The van der Waals surface area contributed by atoms with Gasteiger partial charge in [0.2, 0.25) is 5.95 Å². The predicted octanol–water partition coefficient (Wildman–Crippen LogP) is 20.2. The first-order valence-electron chi connectivity index (χ1n) is 29.5. The summed E-state index contributed by atoms with van der Waals surface area (Å²) in [5.41, 5.74) is 18.8. The number of benzene rings is 8. The van der Waals surface area contributed by atoms with Crippen LogP contribution in [0.4, 0.5) is 0 Å². The lowest BCUT2D eigenvalue weighted by Crippen LogP contribution is -2.14. The molecule has 7 heterocycles. The van der Waals surface area contributed by atoms with Crippen molar-refractivity contribution in [3.63, 3.8) is 0 Å². The number of hydrogen-bond donors (Lipinski definition) is 0. The Morgan fingerprint density at radius 2 is 1.15 bits per heavy atom. The molecule has 0 spiro atoms. The third-order valence-corrected chi connectivity index (χ3v) is 22.7. The second-order valence-corrected chi connectivity index (χ2v) is 26.4. The van der Waals surface area contributed by atoms with E-state index in [-0.39, 0.29) is 0 Å². The molecule has 5 nitrogen and oxygen atoms in total. The van der Waals surface area contributed by atoms with E-state index in [9.17, 15) is 0 Å². The van der Waals surface area contributed by atoms with Gasteiger partial charge in [0.1, 0.15) is 11.6 Å². The number of thioether (sulfide) groups is 2. The summed E-state index contributed by atoms with van der Waals surface area (Å²) in [6, 6.07) is 68.0. The number of para-hydroxylation sites is 5. The van der Waals surface area contributed by atoms with E-state index in [1.165, 1.54) is 123 Å². The summed E-state index contributed by atoms with van der Waals surface area (Å²) in [6.45, 7) is 0. The first-order chi connectivity index (χ1) is 41.7. The molecule has 0 bridgehead atoms. The molecule has 19 rings (SSSR count). The van der Waals surface area contributed by atoms with Gasteiger partial charge in [0, 0.05) is 107 Å². The third-order valence-electron chi connectivity index (χ3n) is 18.8. The number of hydrogen-bond acceptors (Lipinski definition) is 5. The zero-order valence-corrected chi connectivity index (χ0v) is 48.1. The highest BCUT2D eigenvalue weighted by molar-refractivity contribution is 8.04. The maximum absolute atomic E-state index is 6.06. The Balaban J connectivity index is 0.931. The van der Waals surface area contributed by atoms with Gasteiger partial charge in [-0.2, -0.15) is 9.97 Å². The van der Waals surface area contributed by atoms with E-state index in [0.717, 1.165) is 65.8 Å². The molecule has 1 fully saturated rings. The molecular weight excluding hydrogens is 1080 g/mol. The van der Waals surface area contributed by atoms with E-state index in [2.05, 4.69) is 244 Å². The summed E-state index contributed by atoms with van der Waals surface area (Å²) in [5, 5.41) is 9.06. The highest BCUT2D eigenvalue weighted by Crippen LogP contribution is 2.57. The fraction of sp³-hybridized carbons (Fsp3) is 0.105. The molecule has 0 amide bonds. The van der Waals surface area contributed by atoms with Gasteiger partial charge in [0.05, 0.1) is 33.3 Å². The average Bonchev–Trinajstić information content (AvgIpc) is 2.08. The molecule has 0 N–H and O–H groups in total. The number of fused-ring (bicyclic) bond motifs is 18. The highest BCUT2D eigenvalue weighted by atomic mass is 32.2. The SMILES string of the molecule is C1=CC2SC3=C(c4cccc5c6ccccc6n(-c6cc(-n7c8ccccc8c8cccc(C9=C%10Sc%11ccccc%11C%10CC=C9)c87)nc(-n7c8c(c9ccccc97)CCC=C8c7cccc8c7sc7ccccc78)n6)c45)CCC=C3C2C=C1. The van der Waals surface area contributed by atoms with Gasteiger partial charge in [0.25, 0.3) is 0 Å². The van der Waals surface area contributed by atoms with Crippen LogP contribution in [0.2, 0.25) is 0 Å². The van der Waals surface area contributed by atoms with E-state index in [0.29, 0.717) is 23.0 Å². The van der Waals surface area contributed by atoms with E-state index in [1.807, 2.05) is 34.9 Å². The first-order valence-corrected chi connectivity index (χ1v) is 32.0. The Bertz CT molecular complexity index is 5330. The molecule has 2 aliphatic heterocycles. The molecule has 1 saturated heterocycles. The molecule has 6 aliphatic rings. The van der Waals surface area contributed by atoms with Crippen molar-refractivity contribution in [1.82, 2.24) is 23.7 Å². The molecule has 5 aromatic heterocycles. The van der Waals surface area contributed by atoms with Crippen molar-refractivity contribution < 1.29 is 0 Å². The van der Waals surface area contributed by atoms with Crippen LogP contribution in [-0.2, 0) is 6.42 Å². The summed E-state index contributed by atoms with van der Waals surface area (Å²) < 4.78 is 10.0. The zero-order chi connectivity index (χ0) is 54.7. The highest BCUT2D eigenvalue weighted by Gasteiger charge is 2.38. The van der Waals surface area contributed by atoms with Crippen LogP contribution >= 0.6 is 34.9 Å². The molecule has 84 heavy (non-hydrogen) atoms. The molecular formula is C76H51N5S3. The molecule has 3 unspecified atom stereocenters. The lowest BCUT2D eigenvalue weighted by atomic mass is 9.84. The lowest BCUT2D eigenvalue weighted by Gasteiger charge is -2.22. The Kier molecular flexibility index (Phi) is 10.4. The minimum absolute atomic E-state index is 0.321. The Hall–Kier alpha value is -8.92. The van der Waals surface area contributed by atoms with E-state index in [4.69, 9.17) is 9.97 Å². The van der Waals surface area contributed by atoms with Crippen molar-refractivity contribution in [3.8, 4) is 17.6 Å². The van der Waals surface area contributed by atoms with Crippen LogP contribution in [0.25, 0.3) is 109 Å². The minimum atomic E-state index is 0.321. The molecule has 13 aromatic rings. The van der Waals surface area contributed by atoms with Gasteiger partial charge in [-0.05, 0) is 90.3 Å². The van der Waals surface area contributed by atoms with Gasteiger partial charge in [-0.15, -0.1) is 23.1 Å². The van der Waals surface area contributed by atoms with Crippen molar-refractivity contribution in [1.29, 1.82) is 0 Å². The fourth-order valence-corrected chi connectivity index (χ4v) is 19.4. The molecule has 8 aromatic carbocycles. The van der Waals surface area contributed by atoms with Crippen molar-refractivity contribution in [3.05, 3.63) is 279 Å². The van der Waals surface area contributed by atoms with Crippen LogP contribution in [0, 0.1) is 5.92 Å². The topological polar surface area (TPSA) is 40.6 Å². The zero-order valence-electron chi connectivity index (χ0n) is 45.7. The fourth-order valence-electron chi connectivity index (χ4n) is 15.3. The van der Waals surface area contributed by atoms with Crippen LogP contribution in [-0.4, -0.2) is 28.9 Å². The van der Waals surface area contributed by atoms with Gasteiger partial charge in [-0.25, -0.2) is 0 Å². The molecule has 8 heteroatoms. The van der Waals surface area contributed by atoms with E-state index in [1.54, 1.807) is 0 Å². The van der Waals surface area contributed by atoms with Crippen LogP contribution in [0.1, 0.15) is 65.1 Å². The van der Waals surface area contributed by atoms with E-state index < -0.39 is 0 Å². The van der Waals surface area contributed by atoms with Gasteiger partial charge in [0.15, 0.2) is 0 Å². The molecule has 0 radical (unpaired) electrons. The van der Waals surface area contributed by atoms with Crippen LogP contribution < -0.4 is 0 Å². The van der Waals surface area contributed by atoms with Gasteiger partial charge >= 0.3 is 0 Å². The first kappa shape index (κ1) is 47.6. The summed E-state index contributed by atoms with van der Waals surface area (Å²) in [7, 11) is 0. The molecule has 0 saturated carbocycles. The van der Waals surface area contributed by atoms with Crippen molar-refractivity contribution in [2.75, 3.05) is 0 Å². The lowest BCUT2D eigenvalue weighted by molar-refractivity contribution is 0.808. The summed E-state index contributed by atoms with van der Waals surface area (Å²) in [5.74, 6) is 3.00. The van der Waals surface area contributed by atoms with Gasteiger partial charge in [-0.1, -0.05) is 206 Å². The third kappa shape index (κ3) is 6.76. The van der Waals surface area contributed by atoms with Crippen molar-refractivity contribution in [2.45, 2.75) is 48.2 Å². The van der Waals surface area contributed by atoms with Gasteiger partial charge < -0.3 is 0 Å². The standard InChI is InChI=1S/C76H51N5S3/c1-7-37-62-44(19-1)50-25-13-28-53(59-34-16-31-56-47-22-4-10-40-65(47)82-73(56)59)70(50)79(62)68-43-69(80-63-38-8-2-20-45(63)51-26-14-29-54(71(51)80)60-35-17-32-57-48-23-5-11-41-66(48)83-74(57)60)78-76(77-68)81-64-39-9-3-21-46(64)52-27-15-30-55(72(52)81)61-36-18-33-58-49-24-6-12-42-67(49)84-75(58)61/h1-14,16,18-26,28-30,32-34,36-43,48,56,66H,15,17,27,31,35H2. The monoisotopic (exact) mass is 1130 g/mol. The quantitative estimate of drug-likeness (QED) is 0.166. The van der Waals surface area contributed by atoms with E-state index >= 15 is 0 Å². The predicted molar refractivity (Wildman–Crippen MR) is 355 cm³/mol. The van der Waals surface area contributed by atoms with Crippen LogP contribution in [0.5, 0.6) is 0 Å². The molecule has 3 atom stereocenters. The van der Waals surface area contributed by atoms with Crippen LogP contribution in [0.15, 0.2) is 251 Å². The Morgan fingerprint density at radius 3 is 1.95 bits per heavy atom. The summed E-state index contributed by atoms with van der Waals surface area (Å²) in [6.07, 6.45) is 23.9. The van der Waals surface area contributed by atoms with Crippen molar-refractivity contribution in [2.24, 2.45) is 5.92 Å². The maximum atomic E-state index is 6.06. The molecule has 398 valence electrons. The smallest absolute Gasteiger partial charge is 0.238 e. The number of aryl methyl sites for hydroxylation is 1. The second-order valence-electron chi connectivity index (χ2n) is 23.1. The Morgan fingerprint density at radius 1 is 0.524 bits per heavy atom. The van der Waals surface area contributed by atoms with Crippen molar-refractivity contribution >= 4 is 126 Å². The number of allylic oxidation sites excluding steroid dienone is 11. The normalized spacial score (nSPS) is 18.9. The van der Waals surface area contributed by atoms with Crippen LogP contribution in [0.3, 0.4) is 0 Å². The Labute approximate surface area is 497 Å². The number of nitrogens with zero attached hydrogens (tertiary/aromatic N) is 5. The number of rotatable bonds is 6.